The average Bonchev–Trinajstić information content (AvgIpc) is 3.20. The molecule has 1 atom stereocenters. The zero-order valence-electron chi connectivity index (χ0n) is 14.8. The number of carbonyl (C=O) groups is 1. The third kappa shape index (κ3) is 3.04. The van der Waals surface area contributed by atoms with Gasteiger partial charge in [-0.15, -0.1) is 0 Å². The van der Waals surface area contributed by atoms with E-state index in [2.05, 4.69) is 39.9 Å². The Morgan fingerprint density at radius 3 is 2.76 bits per heavy atom. The van der Waals surface area contributed by atoms with E-state index in [0.29, 0.717) is 6.42 Å². The summed E-state index contributed by atoms with van der Waals surface area (Å²) < 4.78 is 2.06. The minimum Gasteiger partial charge on any atom is -0.336 e. The fourth-order valence-corrected chi connectivity index (χ4v) is 3.90. The van der Waals surface area contributed by atoms with Gasteiger partial charge in [0.1, 0.15) is 5.82 Å². The van der Waals surface area contributed by atoms with Crippen molar-refractivity contribution in [3.8, 4) is 0 Å². The summed E-state index contributed by atoms with van der Waals surface area (Å²) in [4.78, 5) is 19.6. The Labute approximate surface area is 148 Å². The van der Waals surface area contributed by atoms with Crippen molar-refractivity contribution >= 4 is 16.7 Å². The molecule has 0 spiro atoms. The predicted molar refractivity (Wildman–Crippen MR) is 99.3 cm³/mol. The summed E-state index contributed by atoms with van der Waals surface area (Å²) in [6.07, 6.45) is 4.51. The Morgan fingerprint density at radius 2 is 2.00 bits per heavy atom. The highest BCUT2D eigenvalue weighted by Crippen LogP contribution is 2.31. The van der Waals surface area contributed by atoms with Gasteiger partial charge in [0.15, 0.2) is 0 Å². The molecule has 1 amide bonds. The number of aromatic nitrogens is 2. The van der Waals surface area contributed by atoms with Crippen molar-refractivity contribution in [2.24, 2.45) is 7.05 Å². The molecule has 3 aromatic rings. The largest absolute Gasteiger partial charge is 0.336 e. The average molecular weight is 333 g/mol. The molecule has 1 unspecified atom stereocenters. The van der Waals surface area contributed by atoms with E-state index in [9.17, 15) is 4.79 Å². The van der Waals surface area contributed by atoms with Crippen LogP contribution in [0.4, 0.5) is 0 Å². The second-order valence-corrected chi connectivity index (χ2v) is 6.95. The van der Waals surface area contributed by atoms with Crippen LogP contribution in [0.5, 0.6) is 0 Å². The fraction of sp³-hybridized carbons (Fsp3) is 0.333. The second kappa shape index (κ2) is 6.36. The first-order valence-electron chi connectivity index (χ1n) is 8.89. The van der Waals surface area contributed by atoms with Crippen molar-refractivity contribution in [1.29, 1.82) is 0 Å². The first-order valence-corrected chi connectivity index (χ1v) is 8.89. The van der Waals surface area contributed by atoms with Crippen molar-refractivity contribution in [3.63, 3.8) is 0 Å². The molecule has 0 bridgehead atoms. The number of imidazole rings is 1. The number of hydrogen-bond acceptors (Lipinski definition) is 2. The van der Waals surface area contributed by atoms with Crippen molar-refractivity contribution in [2.75, 3.05) is 6.54 Å². The third-order valence-electron chi connectivity index (χ3n) is 5.07. The van der Waals surface area contributed by atoms with Crippen LogP contribution < -0.4 is 0 Å². The van der Waals surface area contributed by atoms with E-state index in [1.165, 1.54) is 10.8 Å². The number of fused-ring (bicyclic) bond motifs is 1. The first kappa shape index (κ1) is 15.9. The van der Waals surface area contributed by atoms with Crippen LogP contribution >= 0.6 is 0 Å². The Kier molecular flexibility index (Phi) is 4.04. The lowest BCUT2D eigenvalue weighted by atomic mass is 10.0. The number of benzene rings is 2. The summed E-state index contributed by atoms with van der Waals surface area (Å²) in [6, 6.07) is 14.7. The quantitative estimate of drug-likeness (QED) is 0.731. The highest BCUT2D eigenvalue weighted by atomic mass is 16.2. The molecule has 1 aromatic heterocycles. The van der Waals surface area contributed by atoms with Gasteiger partial charge in [-0.1, -0.05) is 42.5 Å². The van der Waals surface area contributed by atoms with Crippen LogP contribution in [0.25, 0.3) is 10.8 Å². The summed E-state index contributed by atoms with van der Waals surface area (Å²) in [6.45, 7) is 2.82. The smallest absolute Gasteiger partial charge is 0.227 e. The van der Waals surface area contributed by atoms with Gasteiger partial charge < -0.3 is 9.47 Å². The molecule has 0 N–H and O–H groups in total. The molecule has 1 saturated heterocycles. The molecule has 25 heavy (non-hydrogen) atoms. The van der Waals surface area contributed by atoms with E-state index in [4.69, 9.17) is 0 Å². The van der Waals surface area contributed by atoms with E-state index in [1.807, 2.05) is 37.2 Å². The van der Waals surface area contributed by atoms with Crippen LogP contribution in [0.3, 0.4) is 0 Å². The summed E-state index contributed by atoms with van der Waals surface area (Å²) in [5.74, 6) is 1.19. The molecule has 4 heteroatoms. The van der Waals surface area contributed by atoms with Crippen LogP contribution in [0.2, 0.25) is 0 Å². The van der Waals surface area contributed by atoms with E-state index in [1.54, 1.807) is 0 Å². The molecule has 1 aliphatic heterocycles. The monoisotopic (exact) mass is 333 g/mol. The number of amides is 1. The number of aryl methyl sites for hydroxylation is 2. The van der Waals surface area contributed by atoms with Crippen LogP contribution in [-0.2, 0) is 18.3 Å². The maximum atomic E-state index is 12.9. The first-order chi connectivity index (χ1) is 12.1. The molecule has 0 saturated carbocycles. The highest BCUT2D eigenvalue weighted by molar-refractivity contribution is 5.85. The molecule has 128 valence electrons. The summed E-state index contributed by atoms with van der Waals surface area (Å²) in [5.41, 5.74) is 2.08. The molecule has 1 fully saturated rings. The molecule has 4 nitrogen and oxygen atoms in total. The number of carbonyl (C=O) groups excluding carboxylic acids is 1. The van der Waals surface area contributed by atoms with E-state index >= 15 is 0 Å². The van der Waals surface area contributed by atoms with Crippen molar-refractivity contribution < 1.29 is 4.79 Å². The Morgan fingerprint density at radius 1 is 1.20 bits per heavy atom. The lowest BCUT2D eigenvalue weighted by Gasteiger charge is -2.24. The van der Waals surface area contributed by atoms with Gasteiger partial charge in [-0.3, -0.25) is 4.79 Å². The molecule has 1 aliphatic rings. The van der Waals surface area contributed by atoms with Crippen LogP contribution in [0, 0.1) is 6.92 Å². The second-order valence-electron chi connectivity index (χ2n) is 6.95. The number of nitrogens with zero attached hydrogens (tertiary/aromatic N) is 3. The van der Waals surface area contributed by atoms with Crippen LogP contribution in [0.1, 0.15) is 36.0 Å². The van der Waals surface area contributed by atoms with E-state index in [0.717, 1.165) is 36.5 Å². The Bertz CT molecular complexity index is 928. The lowest BCUT2D eigenvalue weighted by molar-refractivity contribution is -0.131. The van der Waals surface area contributed by atoms with E-state index < -0.39 is 0 Å². The minimum absolute atomic E-state index is 0.103. The number of likely N-dealkylation sites (tertiary alicyclic amines) is 1. The van der Waals surface area contributed by atoms with Crippen molar-refractivity contribution in [3.05, 3.63) is 65.7 Å². The van der Waals surface area contributed by atoms with Gasteiger partial charge in [-0.05, 0) is 36.1 Å². The molecule has 4 rings (SSSR count). The van der Waals surface area contributed by atoms with Crippen LogP contribution in [-0.4, -0.2) is 26.9 Å². The lowest BCUT2D eigenvalue weighted by Crippen LogP contribution is -2.33. The predicted octanol–water partition coefficient (Wildman–Crippen LogP) is 3.79. The van der Waals surface area contributed by atoms with Crippen molar-refractivity contribution in [2.45, 2.75) is 32.2 Å². The molecular weight excluding hydrogens is 310 g/mol. The normalized spacial score (nSPS) is 17.4. The van der Waals surface area contributed by atoms with Gasteiger partial charge in [-0.2, -0.15) is 0 Å². The zero-order chi connectivity index (χ0) is 17.4. The fourth-order valence-electron chi connectivity index (χ4n) is 3.90. The summed E-state index contributed by atoms with van der Waals surface area (Å²) in [7, 11) is 2.01. The topological polar surface area (TPSA) is 38.1 Å². The highest BCUT2D eigenvalue weighted by Gasteiger charge is 2.32. The van der Waals surface area contributed by atoms with Gasteiger partial charge in [0.2, 0.25) is 5.91 Å². The van der Waals surface area contributed by atoms with Gasteiger partial charge in [0, 0.05) is 19.8 Å². The number of rotatable bonds is 3. The minimum atomic E-state index is 0.103. The van der Waals surface area contributed by atoms with Gasteiger partial charge in [0.25, 0.3) is 0 Å². The zero-order valence-corrected chi connectivity index (χ0v) is 14.8. The van der Waals surface area contributed by atoms with Gasteiger partial charge in [0.05, 0.1) is 18.2 Å². The number of hydrogen-bond donors (Lipinski definition) is 0. The van der Waals surface area contributed by atoms with E-state index in [-0.39, 0.29) is 11.9 Å². The maximum absolute atomic E-state index is 12.9. The molecule has 2 heterocycles. The molecular formula is C21H23N3O. The maximum Gasteiger partial charge on any atom is 0.227 e. The summed E-state index contributed by atoms with van der Waals surface area (Å²) >= 11 is 0. The molecule has 0 radical (unpaired) electrons. The van der Waals surface area contributed by atoms with Crippen molar-refractivity contribution in [1.82, 2.24) is 14.5 Å². The molecule has 2 aromatic carbocycles. The molecule has 0 aliphatic carbocycles. The van der Waals surface area contributed by atoms with Gasteiger partial charge in [-0.25, -0.2) is 4.98 Å². The SMILES string of the molecule is Cc1cn(C)c(C2CCCN2C(=O)Cc2ccc3ccccc3c2)n1. The van der Waals surface area contributed by atoms with Gasteiger partial charge >= 0.3 is 0 Å². The van der Waals surface area contributed by atoms with Crippen LogP contribution in [0.15, 0.2) is 48.7 Å². The standard InChI is InChI=1S/C21H23N3O/c1-15-14-23(2)21(22-15)19-8-5-11-24(19)20(25)13-16-9-10-17-6-3-4-7-18(17)12-16/h3-4,6-7,9-10,12,14,19H,5,8,11,13H2,1-2H3. The Balaban J connectivity index is 1.55. The third-order valence-corrected chi connectivity index (χ3v) is 5.07. The summed E-state index contributed by atoms with van der Waals surface area (Å²) in [5, 5.41) is 2.40. The Hall–Kier alpha value is -2.62.